The van der Waals surface area contributed by atoms with Gasteiger partial charge in [-0.3, -0.25) is 14.9 Å². The highest BCUT2D eigenvalue weighted by molar-refractivity contribution is 8.18. The summed E-state index contributed by atoms with van der Waals surface area (Å²) in [6, 6.07) is 5.20. The molecule has 1 heterocycles. The van der Waals surface area contributed by atoms with Crippen molar-refractivity contribution < 1.29 is 14.3 Å². The van der Waals surface area contributed by atoms with Gasteiger partial charge in [-0.05, 0) is 42.5 Å². The molecule has 4 nitrogen and oxygen atoms in total. The molecule has 0 aromatic heterocycles. The van der Waals surface area contributed by atoms with Crippen LogP contribution in [0, 0.1) is 0 Å². The molecule has 1 aliphatic rings. The van der Waals surface area contributed by atoms with Crippen LogP contribution >= 0.6 is 23.4 Å². The summed E-state index contributed by atoms with van der Waals surface area (Å²) < 4.78 is 5.31. The fourth-order valence-corrected chi connectivity index (χ4v) is 2.38. The van der Waals surface area contributed by atoms with Gasteiger partial charge in [-0.15, -0.1) is 0 Å². The van der Waals surface area contributed by atoms with E-state index in [1.54, 1.807) is 24.3 Å². The van der Waals surface area contributed by atoms with Gasteiger partial charge in [0.25, 0.3) is 11.1 Å². The number of hydrogen-bond donors (Lipinski definition) is 1. The molecule has 2 rings (SSSR count). The SMILES string of the molecule is CCOc1ccc(/C=C2\SC(=O)NC2=O)cc1Cl. The molecule has 0 radical (unpaired) electrons. The van der Waals surface area contributed by atoms with Gasteiger partial charge in [0.1, 0.15) is 5.75 Å². The predicted octanol–water partition coefficient (Wildman–Crippen LogP) is 3.06. The van der Waals surface area contributed by atoms with Crippen molar-refractivity contribution in [1.29, 1.82) is 0 Å². The van der Waals surface area contributed by atoms with Crippen molar-refractivity contribution in [2.24, 2.45) is 0 Å². The van der Waals surface area contributed by atoms with Crippen LogP contribution in [-0.2, 0) is 4.79 Å². The average molecular weight is 284 g/mol. The van der Waals surface area contributed by atoms with Crippen LogP contribution in [0.5, 0.6) is 5.75 Å². The minimum absolute atomic E-state index is 0.358. The summed E-state index contributed by atoms with van der Waals surface area (Å²) in [5.74, 6) is 0.218. The lowest BCUT2D eigenvalue weighted by molar-refractivity contribution is -0.115. The summed E-state index contributed by atoms with van der Waals surface area (Å²) in [6.07, 6.45) is 1.62. The summed E-state index contributed by atoms with van der Waals surface area (Å²) >= 11 is 6.91. The molecule has 0 atom stereocenters. The topological polar surface area (TPSA) is 55.4 Å². The van der Waals surface area contributed by atoms with E-state index in [1.165, 1.54) is 0 Å². The molecule has 1 aromatic rings. The first kappa shape index (κ1) is 13.0. The van der Waals surface area contributed by atoms with Gasteiger partial charge in [-0.1, -0.05) is 17.7 Å². The molecule has 1 aromatic carbocycles. The molecule has 0 aliphatic carbocycles. The Balaban J connectivity index is 2.25. The number of benzene rings is 1. The van der Waals surface area contributed by atoms with E-state index in [9.17, 15) is 9.59 Å². The Labute approximate surface area is 113 Å². The summed E-state index contributed by atoms with van der Waals surface area (Å²) in [5, 5.41) is 2.31. The van der Waals surface area contributed by atoms with Gasteiger partial charge in [-0.2, -0.15) is 0 Å². The molecule has 1 N–H and O–H groups in total. The third kappa shape index (κ3) is 2.86. The van der Waals surface area contributed by atoms with Crippen LogP contribution in [0.2, 0.25) is 5.02 Å². The summed E-state index contributed by atoms with van der Waals surface area (Å²) in [7, 11) is 0. The van der Waals surface area contributed by atoms with E-state index in [2.05, 4.69) is 5.32 Å². The number of thioether (sulfide) groups is 1. The Morgan fingerprint density at radius 2 is 2.22 bits per heavy atom. The summed E-state index contributed by atoms with van der Waals surface area (Å²) in [6.45, 7) is 2.41. The Hall–Kier alpha value is -1.46. The van der Waals surface area contributed by atoms with Crippen LogP contribution in [0.1, 0.15) is 12.5 Å². The molecular weight excluding hydrogens is 274 g/mol. The summed E-state index contributed by atoms with van der Waals surface area (Å²) in [4.78, 5) is 22.7. The third-order valence-electron chi connectivity index (χ3n) is 2.20. The minimum atomic E-state index is -0.380. The minimum Gasteiger partial charge on any atom is -0.492 e. The van der Waals surface area contributed by atoms with E-state index >= 15 is 0 Å². The second-order valence-electron chi connectivity index (χ2n) is 3.48. The zero-order valence-corrected chi connectivity index (χ0v) is 11.1. The molecule has 2 amide bonds. The molecule has 6 heteroatoms. The Kier molecular flexibility index (Phi) is 3.93. The van der Waals surface area contributed by atoms with Crippen LogP contribution < -0.4 is 10.1 Å². The van der Waals surface area contributed by atoms with E-state index in [-0.39, 0.29) is 11.1 Å². The molecule has 0 unspecified atom stereocenters. The van der Waals surface area contributed by atoms with Gasteiger partial charge in [0.15, 0.2) is 0 Å². The van der Waals surface area contributed by atoms with Crippen molar-refractivity contribution in [3.8, 4) is 5.75 Å². The van der Waals surface area contributed by atoms with E-state index in [1.807, 2.05) is 6.92 Å². The van der Waals surface area contributed by atoms with Crippen molar-refractivity contribution in [3.63, 3.8) is 0 Å². The number of amides is 2. The number of hydrogen-bond acceptors (Lipinski definition) is 4. The first-order chi connectivity index (χ1) is 8.60. The third-order valence-corrected chi connectivity index (χ3v) is 3.30. The van der Waals surface area contributed by atoms with E-state index in [0.29, 0.717) is 22.3 Å². The average Bonchev–Trinajstić information content (AvgIpc) is 2.61. The lowest BCUT2D eigenvalue weighted by Crippen LogP contribution is -2.17. The number of rotatable bonds is 3. The van der Waals surface area contributed by atoms with Crippen molar-refractivity contribution in [1.82, 2.24) is 5.32 Å². The van der Waals surface area contributed by atoms with Gasteiger partial charge < -0.3 is 4.74 Å². The van der Waals surface area contributed by atoms with Crippen molar-refractivity contribution in [2.45, 2.75) is 6.92 Å². The number of halogens is 1. The Morgan fingerprint density at radius 1 is 1.44 bits per heavy atom. The first-order valence-corrected chi connectivity index (χ1v) is 6.47. The molecule has 0 saturated carbocycles. The molecule has 94 valence electrons. The molecule has 18 heavy (non-hydrogen) atoms. The zero-order valence-electron chi connectivity index (χ0n) is 9.53. The number of carbonyl (C=O) groups is 2. The van der Waals surface area contributed by atoms with E-state index in [4.69, 9.17) is 16.3 Å². The first-order valence-electron chi connectivity index (χ1n) is 5.27. The van der Waals surface area contributed by atoms with Crippen LogP contribution in [0.4, 0.5) is 4.79 Å². The molecule has 0 spiro atoms. The Bertz CT molecular complexity index is 542. The number of nitrogens with one attached hydrogen (secondary N) is 1. The van der Waals surface area contributed by atoms with Gasteiger partial charge in [0, 0.05) is 0 Å². The van der Waals surface area contributed by atoms with Gasteiger partial charge in [-0.25, -0.2) is 0 Å². The fraction of sp³-hybridized carbons (Fsp3) is 0.167. The van der Waals surface area contributed by atoms with Crippen LogP contribution in [-0.4, -0.2) is 17.8 Å². The monoisotopic (exact) mass is 283 g/mol. The van der Waals surface area contributed by atoms with Crippen LogP contribution in [0.15, 0.2) is 23.1 Å². The van der Waals surface area contributed by atoms with Gasteiger partial charge in [0.05, 0.1) is 16.5 Å². The Morgan fingerprint density at radius 3 is 2.78 bits per heavy atom. The number of carbonyl (C=O) groups excluding carboxylic acids is 2. The lowest BCUT2D eigenvalue weighted by atomic mass is 10.2. The van der Waals surface area contributed by atoms with Crippen molar-refractivity contribution in [3.05, 3.63) is 33.7 Å². The molecular formula is C12H10ClNO3S. The van der Waals surface area contributed by atoms with Gasteiger partial charge >= 0.3 is 0 Å². The number of imide groups is 1. The highest BCUT2D eigenvalue weighted by atomic mass is 35.5. The molecule has 1 aliphatic heterocycles. The van der Waals surface area contributed by atoms with Crippen LogP contribution in [0.25, 0.3) is 6.08 Å². The predicted molar refractivity (Wildman–Crippen MR) is 71.7 cm³/mol. The second-order valence-corrected chi connectivity index (χ2v) is 4.90. The van der Waals surface area contributed by atoms with E-state index in [0.717, 1.165) is 17.3 Å². The largest absolute Gasteiger partial charge is 0.492 e. The normalized spacial score (nSPS) is 17.1. The van der Waals surface area contributed by atoms with Crippen LogP contribution in [0.3, 0.4) is 0 Å². The maximum atomic E-state index is 11.4. The molecule has 1 saturated heterocycles. The van der Waals surface area contributed by atoms with E-state index < -0.39 is 0 Å². The van der Waals surface area contributed by atoms with Crippen molar-refractivity contribution in [2.75, 3.05) is 6.61 Å². The summed E-state index contributed by atoms with van der Waals surface area (Å²) in [5.41, 5.74) is 0.746. The molecule has 1 fully saturated rings. The fourth-order valence-electron chi connectivity index (χ4n) is 1.45. The standard InChI is InChI=1S/C12H10ClNO3S/c1-2-17-9-4-3-7(5-8(9)13)6-10-11(15)14-12(16)18-10/h3-6H,2H2,1H3,(H,14,15,16)/b10-6-. The van der Waals surface area contributed by atoms with Gasteiger partial charge in [0.2, 0.25) is 0 Å². The highest BCUT2D eigenvalue weighted by Crippen LogP contribution is 2.29. The maximum absolute atomic E-state index is 11.4. The number of ether oxygens (including phenoxy) is 1. The molecule has 0 bridgehead atoms. The maximum Gasteiger partial charge on any atom is 0.290 e. The zero-order chi connectivity index (χ0) is 13.1. The highest BCUT2D eigenvalue weighted by Gasteiger charge is 2.24. The lowest BCUT2D eigenvalue weighted by Gasteiger charge is -2.05. The van der Waals surface area contributed by atoms with Crippen molar-refractivity contribution >= 4 is 40.6 Å². The second kappa shape index (κ2) is 5.46. The quantitative estimate of drug-likeness (QED) is 0.866. The smallest absolute Gasteiger partial charge is 0.290 e.